The maximum absolute atomic E-state index is 12.1. The lowest BCUT2D eigenvalue weighted by atomic mass is 10.1. The smallest absolute Gasteiger partial charge is 0.330 e. The van der Waals surface area contributed by atoms with Crippen molar-refractivity contribution in [3.63, 3.8) is 0 Å². The first-order valence-corrected chi connectivity index (χ1v) is 8.47. The van der Waals surface area contributed by atoms with Crippen LogP contribution in [0.25, 0.3) is 0 Å². The zero-order valence-electron chi connectivity index (χ0n) is 15.1. The Bertz CT molecular complexity index is 959. The van der Waals surface area contributed by atoms with Crippen LogP contribution in [0.5, 0.6) is 0 Å². The van der Waals surface area contributed by atoms with Gasteiger partial charge >= 0.3 is 5.69 Å². The minimum atomic E-state index is -0.388. The van der Waals surface area contributed by atoms with Crippen LogP contribution in [0.2, 0.25) is 0 Å². The lowest BCUT2D eigenvalue weighted by Crippen LogP contribution is -2.38. The first-order chi connectivity index (χ1) is 12.9. The number of carbonyl (C=O) groups is 2. The van der Waals surface area contributed by atoms with Crippen molar-refractivity contribution in [1.29, 1.82) is 0 Å². The molecule has 0 fully saturated rings. The van der Waals surface area contributed by atoms with Gasteiger partial charge in [-0.25, -0.2) is 4.79 Å². The molecule has 0 aliphatic heterocycles. The number of aromatic nitrogens is 2. The second-order valence-corrected chi connectivity index (χ2v) is 5.93. The number of hydrogen-bond donors (Lipinski definition) is 2. The summed E-state index contributed by atoms with van der Waals surface area (Å²) in [7, 11) is 1.57. The molecular weight excluding hydrogens is 348 g/mol. The zero-order chi connectivity index (χ0) is 19.8. The average Bonchev–Trinajstić information content (AvgIpc) is 2.65. The molecule has 0 atom stereocenters. The molecule has 0 saturated heterocycles. The van der Waals surface area contributed by atoms with E-state index in [9.17, 15) is 19.2 Å². The molecule has 1 aromatic carbocycles. The lowest BCUT2D eigenvalue weighted by Gasteiger charge is -2.11. The van der Waals surface area contributed by atoms with Gasteiger partial charge in [0, 0.05) is 38.1 Å². The molecule has 0 aliphatic rings. The minimum Gasteiger partial charge on any atom is -0.356 e. The molecule has 0 radical (unpaired) electrons. The topological polar surface area (TPSA) is 102 Å². The van der Waals surface area contributed by atoms with Crippen molar-refractivity contribution in [3.8, 4) is 0 Å². The molecule has 2 N–H and O–H groups in total. The molecular formula is C19H22N4O4. The zero-order valence-corrected chi connectivity index (χ0v) is 15.1. The van der Waals surface area contributed by atoms with Crippen LogP contribution in [-0.2, 0) is 29.6 Å². The second kappa shape index (κ2) is 9.33. The number of nitrogens with zero attached hydrogens (tertiary/aromatic N) is 2. The number of anilines is 1. The van der Waals surface area contributed by atoms with E-state index in [1.165, 1.54) is 16.8 Å². The summed E-state index contributed by atoms with van der Waals surface area (Å²) in [5, 5.41) is 5.41. The van der Waals surface area contributed by atoms with Gasteiger partial charge in [0.2, 0.25) is 11.8 Å². The Kier molecular flexibility index (Phi) is 6.87. The molecule has 2 aromatic rings. The predicted molar refractivity (Wildman–Crippen MR) is 103 cm³/mol. The van der Waals surface area contributed by atoms with Crippen LogP contribution in [0.15, 0.2) is 58.8 Å². The number of para-hydroxylation sites is 1. The van der Waals surface area contributed by atoms with Gasteiger partial charge in [0.1, 0.15) is 0 Å². The van der Waals surface area contributed by atoms with Crippen molar-refractivity contribution >= 4 is 17.5 Å². The fourth-order valence-corrected chi connectivity index (χ4v) is 2.50. The Labute approximate surface area is 156 Å². The highest BCUT2D eigenvalue weighted by Gasteiger charge is 2.09. The third-order valence-corrected chi connectivity index (χ3v) is 3.93. The Balaban J connectivity index is 1.88. The van der Waals surface area contributed by atoms with Crippen molar-refractivity contribution in [2.75, 3.05) is 11.9 Å². The van der Waals surface area contributed by atoms with E-state index in [2.05, 4.69) is 17.2 Å². The molecule has 0 bridgehead atoms. The summed E-state index contributed by atoms with van der Waals surface area (Å²) in [5.41, 5.74) is 0.479. The summed E-state index contributed by atoms with van der Waals surface area (Å²) in [4.78, 5) is 47.2. The Morgan fingerprint density at radius 2 is 1.93 bits per heavy atom. The molecule has 0 aliphatic carbocycles. The molecule has 1 aromatic heterocycles. The van der Waals surface area contributed by atoms with Crippen molar-refractivity contribution in [1.82, 2.24) is 14.5 Å². The molecule has 142 valence electrons. The predicted octanol–water partition coefficient (Wildman–Crippen LogP) is 0.420. The van der Waals surface area contributed by atoms with Gasteiger partial charge < -0.3 is 15.2 Å². The van der Waals surface area contributed by atoms with E-state index in [4.69, 9.17) is 0 Å². The highest BCUT2D eigenvalue weighted by molar-refractivity contribution is 5.99. The van der Waals surface area contributed by atoms with Crippen LogP contribution in [0.4, 0.5) is 5.69 Å². The maximum atomic E-state index is 12.1. The number of aryl methyl sites for hydroxylation is 1. The largest absolute Gasteiger partial charge is 0.356 e. The Morgan fingerprint density at radius 3 is 2.67 bits per heavy atom. The fourth-order valence-electron chi connectivity index (χ4n) is 2.50. The third kappa shape index (κ3) is 5.53. The summed E-state index contributed by atoms with van der Waals surface area (Å²) in [6.07, 6.45) is 3.12. The van der Waals surface area contributed by atoms with Crippen molar-refractivity contribution < 1.29 is 9.59 Å². The summed E-state index contributed by atoms with van der Waals surface area (Å²) in [5.74, 6) is -0.568. The van der Waals surface area contributed by atoms with Crippen molar-refractivity contribution in [2.24, 2.45) is 7.05 Å². The van der Waals surface area contributed by atoms with Gasteiger partial charge in [-0.15, -0.1) is 0 Å². The normalized spacial score (nSPS) is 10.3. The van der Waals surface area contributed by atoms with Gasteiger partial charge in [-0.05, 0) is 24.1 Å². The number of carbonyl (C=O) groups excluding carboxylic acids is 2. The van der Waals surface area contributed by atoms with Crippen LogP contribution in [-0.4, -0.2) is 27.5 Å². The second-order valence-electron chi connectivity index (χ2n) is 5.93. The van der Waals surface area contributed by atoms with E-state index in [1.807, 2.05) is 0 Å². The Hall–Kier alpha value is -3.42. The van der Waals surface area contributed by atoms with Gasteiger partial charge in [-0.1, -0.05) is 24.8 Å². The molecule has 8 heteroatoms. The molecule has 0 unspecified atom stereocenters. The summed E-state index contributed by atoms with van der Waals surface area (Å²) in [6, 6.07) is 8.34. The molecule has 1 heterocycles. The number of amides is 2. The first-order valence-electron chi connectivity index (χ1n) is 8.47. The van der Waals surface area contributed by atoms with E-state index >= 15 is 0 Å². The van der Waals surface area contributed by atoms with E-state index in [0.717, 1.165) is 10.6 Å². The van der Waals surface area contributed by atoms with Gasteiger partial charge in [-0.3, -0.25) is 19.0 Å². The van der Waals surface area contributed by atoms with Crippen LogP contribution in [0.3, 0.4) is 0 Å². The highest BCUT2D eigenvalue weighted by atomic mass is 16.2. The fraction of sp³-hybridized carbons (Fsp3) is 0.263. The molecule has 8 nitrogen and oxygen atoms in total. The number of benzene rings is 1. The van der Waals surface area contributed by atoms with E-state index < -0.39 is 0 Å². The molecule has 27 heavy (non-hydrogen) atoms. The highest BCUT2D eigenvalue weighted by Crippen LogP contribution is 2.15. The molecule has 0 saturated carbocycles. The van der Waals surface area contributed by atoms with Gasteiger partial charge in [0.05, 0.1) is 6.42 Å². The third-order valence-electron chi connectivity index (χ3n) is 3.93. The lowest BCUT2D eigenvalue weighted by molar-refractivity contribution is -0.120. The molecule has 2 amide bonds. The molecule has 2 rings (SSSR count). The SMILES string of the molecule is C=CC(=O)Nc1ccccc1CC(=O)NCCCn1c(=O)ccn(C)c1=O. The summed E-state index contributed by atoms with van der Waals surface area (Å²) >= 11 is 0. The molecule has 0 spiro atoms. The number of rotatable bonds is 8. The van der Waals surface area contributed by atoms with Crippen molar-refractivity contribution in [2.45, 2.75) is 19.4 Å². The van der Waals surface area contributed by atoms with Crippen LogP contribution < -0.4 is 21.9 Å². The van der Waals surface area contributed by atoms with E-state index in [0.29, 0.717) is 24.2 Å². The number of hydrogen-bond acceptors (Lipinski definition) is 4. The monoisotopic (exact) mass is 370 g/mol. The van der Waals surface area contributed by atoms with Gasteiger partial charge in [0.25, 0.3) is 5.56 Å². The first kappa shape index (κ1) is 19.9. The Morgan fingerprint density at radius 1 is 1.19 bits per heavy atom. The van der Waals surface area contributed by atoms with Gasteiger partial charge in [-0.2, -0.15) is 0 Å². The van der Waals surface area contributed by atoms with Crippen LogP contribution >= 0.6 is 0 Å². The maximum Gasteiger partial charge on any atom is 0.330 e. The van der Waals surface area contributed by atoms with Crippen molar-refractivity contribution in [3.05, 3.63) is 75.6 Å². The van der Waals surface area contributed by atoms with E-state index in [-0.39, 0.29) is 36.0 Å². The standard InChI is InChI=1S/C19H22N4O4/c1-3-16(24)21-15-8-5-4-7-14(15)13-17(25)20-10-6-11-23-18(26)9-12-22(2)19(23)27/h3-5,7-9,12H,1,6,10-11,13H2,2H3,(H,20,25)(H,21,24). The van der Waals surface area contributed by atoms with E-state index in [1.54, 1.807) is 31.3 Å². The quantitative estimate of drug-likeness (QED) is 0.519. The van der Waals surface area contributed by atoms with Crippen LogP contribution in [0.1, 0.15) is 12.0 Å². The van der Waals surface area contributed by atoms with Gasteiger partial charge in [0.15, 0.2) is 0 Å². The minimum absolute atomic E-state index is 0.0979. The van der Waals surface area contributed by atoms with Crippen LogP contribution in [0, 0.1) is 0 Å². The number of nitrogens with one attached hydrogen (secondary N) is 2. The summed E-state index contributed by atoms with van der Waals surface area (Å²) in [6.45, 7) is 3.95. The average molecular weight is 370 g/mol. The summed E-state index contributed by atoms with van der Waals surface area (Å²) < 4.78 is 2.46.